The van der Waals surface area contributed by atoms with Crippen molar-refractivity contribution in [3.8, 4) is 0 Å². The van der Waals surface area contributed by atoms with E-state index < -0.39 is 5.97 Å². The summed E-state index contributed by atoms with van der Waals surface area (Å²) in [5.74, 6) is -0.693. The fourth-order valence-corrected chi connectivity index (χ4v) is 1.31. The van der Waals surface area contributed by atoms with Crippen molar-refractivity contribution in [1.82, 2.24) is 0 Å². The molecule has 17 heavy (non-hydrogen) atoms. The summed E-state index contributed by atoms with van der Waals surface area (Å²) in [5, 5.41) is 8.04. The molecule has 0 heterocycles. The first-order chi connectivity index (χ1) is 8.06. The Kier molecular flexibility index (Phi) is 9.06. The van der Waals surface area contributed by atoms with Crippen molar-refractivity contribution in [2.45, 2.75) is 45.6 Å². The minimum absolute atomic E-state index is 0.266. The lowest BCUT2D eigenvalue weighted by Crippen LogP contribution is -2.17. The zero-order chi connectivity index (χ0) is 13.1. The van der Waals surface area contributed by atoms with Gasteiger partial charge in [0.1, 0.15) is 0 Å². The molecule has 0 bridgehead atoms. The predicted molar refractivity (Wildman–Crippen MR) is 71.0 cm³/mol. The van der Waals surface area contributed by atoms with E-state index in [0.29, 0.717) is 6.42 Å². The van der Waals surface area contributed by atoms with Gasteiger partial charge in [0.05, 0.1) is 0 Å². The molecule has 0 saturated carbocycles. The van der Waals surface area contributed by atoms with Gasteiger partial charge in [0.25, 0.3) is 0 Å². The molecule has 0 aliphatic heterocycles. The van der Waals surface area contributed by atoms with E-state index in [1.807, 2.05) is 32.0 Å². The molecular weight excluding hydrogens is 214 g/mol. The highest BCUT2D eigenvalue weighted by Crippen LogP contribution is 2.00. The zero-order valence-electron chi connectivity index (χ0n) is 10.7. The molecule has 1 atom stereocenters. The fourth-order valence-electron chi connectivity index (χ4n) is 1.31. The van der Waals surface area contributed by atoms with Gasteiger partial charge in [0.15, 0.2) is 0 Å². The molecule has 3 nitrogen and oxygen atoms in total. The first-order valence-corrected chi connectivity index (χ1v) is 6.07. The molecule has 0 amide bonds. The number of aliphatic carboxylic acids is 1. The molecule has 0 aromatic heterocycles. The highest BCUT2D eigenvalue weighted by atomic mass is 16.4. The number of carbonyl (C=O) groups is 1. The van der Waals surface area contributed by atoms with Crippen LogP contribution in [0.1, 0.15) is 38.7 Å². The van der Waals surface area contributed by atoms with Gasteiger partial charge in [-0.25, -0.2) is 0 Å². The van der Waals surface area contributed by atoms with Crippen LogP contribution in [0.5, 0.6) is 0 Å². The third-order valence-corrected chi connectivity index (χ3v) is 2.14. The van der Waals surface area contributed by atoms with Crippen LogP contribution in [0.4, 0.5) is 0 Å². The van der Waals surface area contributed by atoms with E-state index in [0.717, 1.165) is 19.3 Å². The number of carboxylic acids is 1. The number of unbranched alkanes of at least 4 members (excludes halogenated alkanes) is 1. The summed E-state index contributed by atoms with van der Waals surface area (Å²) >= 11 is 0. The lowest BCUT2D eigenvalue weighted by molar-refractivity contribution is -0.137. The molecule has 0 saturated heterocycles. The largest absolute Gasteiger partial charge is 0.481 e. The Morgan fingerprint density at radius 3 is 2.29 bits per heavy atom. The molecule has 1 aromatic rings. The van der Waals surface area contributed by atoms with E-state index in [4.69, 9.17) is 10.8 Å². The van der Waals surface area contributed by atoms with Crippen LogP contribution in [0.25, 0.3) is 0 Å². The Morgan fingerprint density at radius 2 is 1.94 bits per heavy atom. The highest BCUT2D eigenvalue weighted by Gasteiger charge is 1.94. The Balaban J connectivity index is 0.000000325. The molecule has 1 rings (SSSR count). The number of rotatable bonds is 5. The molecule has 0 fully saturated rings. The number of hydrogen-bond acceptors (Lipinski definition) is 2. The van der Waals surface area contributed by atoms with Gasteiger partial charge in [-0.05, 0) is 25.3 Å². The molecule has 3 N–H and O–H groups in total. The smallest absolute Gasteiger partial charge is 0.303 e. The summed E-state index contributed by atoms with van der Waals surface area (Å²) in [7, 11) is 0. The number of benzene rings is 1. The molecule has 1 aromatic carbocycles. The van der Waals surface area contributed by atoms with Crippen LogP contribution in [-0.4, -0.2) is 17.1 Å². The van der Waals surface area contributed by atoms with Gasteiger partial charge >= 0.3 is 5.97 Å². The van der Waals surface area contributed by atoms with E-state index in [1.54, 1.807) is 0 Å². The summed E-state index contributed by atoms with van der Waals surface area (Å²) in [5.41, 5.74) is 6.94. The van der Waals surface area contributed by atoms with Crippen molar-refractivity contribution in [3.05, 3.63) is 35.9 Å². The fraction of sp³-hybridized carbons (Fsp3) is 0.500. The second-order valence-corrected chi connectivity index (χ2v) is 4.16. The molecule has 1 unspecified atom stereocenters. The van der Waals surface area contributed by atoms with Crippen molar-refractivity contribution < 1.29 is 9.90 Å². The van der Waals surface area contributed by atoms with Gasteiger partial charge in [-0.3, -0.25) is 4.79 Å². The minimum atomic E-state index is -0.693. The predicted octanol–water partition coefficient (Wildman–Crippen LogP) is 2.84. The molecule has 3 heteroatoms. The number of hydrogen-bond donors (Lipinski definition) is 2. The normalized spacial score (nSPS) is 11.2. The Bertz CT molecular complexity index is 296. The van der Waals surface area contributed by atoms with Crippen molar-refractivity contribution in [2.24, 2.45) is 5.73 Å². The van der Waals surface area contributed by atoms with Crippen LogP contribution >= 0.6 is 0 Å². The lowest BCUT2D eigenvalue weighted by atomic mass is 10.1. The standard InChI is InChI=1S/C9H13N.C5H10O2/c1-8(10)7-9-5-3-2-4-6-9;1-2-3-4-5(6)7/h2-6,8H,7,10H2,1H3;2-4H2,1H3,(H,6,7). The van der Waals surface area contributed by atoms with Gasteiger partial charge in [-0.2, -0.15) is 0 Å². The minimum Gasteiger partial charge on any atom is -0.481 e. The molecule has 96 valence electrons. The summed E-state index contributed by atoms with van der Waals surface area (Å²) in [6.07, 6.45) is 3.05. The average molecular weight is 237 g/mol. The summed E-state index contributed by atoms with van der Waals surface area (Å²) in [4.78, 5) is 9.76. The highest BCUT2D eigenvalue weighted by molar-refractivity contribution is 5.66. The van der Waals surface area contributed by atoms with Crippen LogP contribution in [0, 0.1) is 0 Å². The van der Waals surface area contributed by atoms with Crippen LogP contribution in [0.3, 0.4) is 0 Å². The monoisotopic (exact) mass is 237 g/mol. The van der Waals surface area contributed by atoms with E-state index in [-0.39, 0.29) is 6.04 Å². The van der Waals surface area contributed by atoms with Gasteiger partial charge in [-0.1, -0.05) is 43.7 Å². The number of nitrogens with two attached hydrogens (primary N) is 1. The molecule has 0 radical (unpaired) electrons. The molecule has 0 aliphatic rings. The second kappa shape index (κ2) is 9.85. The van der Waals surface area contributed by atoms with Crippen LogP contribution < -0.4 is 5.73 Å². The van der Waals surface area contributed by atoms with Crippen LogP contribution in [0.15, 0.2) is 30.3 Å². The van der Waals surface area contributed by atoms with Gasteiger partial charge in [0, 0.05) is 12.5 Å². The van der Waals surface area contributed by atoms with Crippen LogP contribution in [-0.2, 0) is 11.2 Å². The van der Waals surface area contributed by atoms with E-state index >= 15 is 0 Å². The molecule has 0 aliphatic carbocycles. The Labute approximate surface area is 104 Å². The Morgan fingerprint density at radius 1 is 1.35 bits per heavy atom. The zero-order valence-corrected chi connectivity index (χ0v) is 10.7. The topological polar surface area (TPSA) is 63.3 Å². The van der Waals surface area contributed by atoms with Crippen molar-refractivity contribution in [3.63, 3.8) is 0 Å². The second-order valence-electron chi connectivity index (χ2n) is 4.16. The van der Waals surface area contributed by atoms with E-state index in [1.165, 1.54) is 5.56 Å². The van der Waals surface area contributed by atoms with E-state index in [9.17, 15) is 4.79 Å². The first-order valence-electron chi connectivity index (χ1n) is 6.07. The average Bonchev–Trinajstić information content (AvgIpc) is 2.27. The summed E-state index contributed by atoms with van der Waals surface area (Å²) in [6, 6.07) is 10.6. The third kappa shape index (κ3) is 10.9. The number of carboxylic acid groups (broad SMARTS) is 1. The molecular formula is C14H23NO2. The quantitative estimate of drug-likeness (QED) is 0.827. The third-order valence-electron chi connectivity index (χ3n) is 2.14. The van der Waals surface area contributed by atoms with Crippen LogP contribution in [0.2, 0.25) is 0 Å². The van der Waals surface area contributed by atoms with Gasteiger partial charge < -0.3 is 10.8 Å². The maximum absolute atomic E-state index is 9.76. The van der Waals surface area contributed by atoms with E-state index in [2.05, 4.69) is 12.1 Å². The summed E-state index contributed by atoms with van der Waals surface area (Å²) < 4.78 is 0. The molecule has 0 spiro atoms. The maximum Gasteiger partial charge on any atom is 0.303 e. The van der Waals surface area contributed by atoms with Crippen molar-refractivity contribution in [1.29, 1.82) is 0 Å². The van der Waals surface area contributed by atoms with Gasteiger partial charge in [0.2, 0.25) is 0 Å². The lowest BCUT2D eigenvalue weighted by Gasteiger charge is -2.02. The Hall–Kier alpha value is -1.35. The van der Waals surface area contributed by atoms with Gasteiger partial charge in [-0.15, -0.1) is 0 Å². The first kappa shape index (κ1) is 15.7. The summed E-state index contributed by atoms with van der Waals surface area (Å²) in [6.45, 7) is 4.00. The van der Waals surface area contributed by atoms with Crippen molar-refractivity contribution >= 4 is 5.97 Å². The maximum atomic E-state index is 9.76. The SMILES string of the molecule is CC(N)Cc1ccccc1.CCCCC(=O)O. The van der Waals surface area contributed by atoms with Crippen molar-refractivity contribution in [2.75, 3.05) is 0 Å².